The Balaban J connectivity index is 0.760. The highest BCUT2D eigenvalue weighted by Gasteiger charge is 2.81. The summed E-state index contributed by atoms with van der Waals surface area (Å²) in [4.78, 5) is 63.5. The molecule has 0 N–H and O–H groups in total. The van der Waals surface area contributed by atoms with Crippen LogP contribution in [0.25, 0.3) is 64.7 Å². The van der Waals surface area contributed by atoms with Crippen LogP contribution in [-0.2, 0) is 10.8 Å². The molecule has 7 aliphatic rings. The Labute approximate surface area is 537 Å². The minimum absolute atomic E-state index is 0.115. The maximum absolute atomic E-state index is 16.9. The van der Waals surface area contributed by atoms with Crippen LogP contribution in [-0.4, -0.2) is 66.6 Å². The molecule has 8 nitrogen and oxygen atoms in total. The fourth-order valence-electron chi connectivity index (χ4n) is 18.3. The number of benzene rings is 7. The molecular weight excluding hydrogens is 1210 g/mol. The topological polar surface area (TPSA) is 93.2 Å². The third kappa shape index (κ3) is 8.45. The molecule has 4 bridgehead atoms. The van der Waals surface area contributed by atoms with Gasteiger partial charge in [0, 0.05) is 76.5 Å². The van der Waals surface area contributed by atoms with Gasteiger partial charge in [-0.25, -0.2) is 4.90 Å². The quantitative estimate of drug-likeness (QED) is 0.0263. The number of thiophene rings is 2. The van der Waals surface area contributed by atoms with E-state index < -0.39 is 62.7 Å². The molecule has 0 spiro atoms. The molecule has 2 aromatic heterocycles. The molecule has 2 unspecified atom stereocenters. The highest BCUT2D eigenvalue weighted by molar-refractivity contribution is 7.18. The molecular formula is C76H70F6N2O6S2. The summed E-state index contributed by atoms with van der Waals surface area (Å²) in [5.41, 5.74) is -0.932. The van der Waals surface area contributed by atoms with Crippen molar-refractivity contribution in [1.82, 2.24) is 4.90 Å². The van der Waals surface area contributed by atoms with Gasteiger partial charge in [0.05, 0.1) is 19.9 Å². The fraction of sp³-hybridized carbons (Fsp3) is 0.395. The monoisotopic (exact) mass is 1280 g/mol. The SMILES string of the molecule is CCCCCCC(CCCCCC)N1C(=O)c2ccc3c4ccc5c6c(ccc(c7ccc(c2c37)C1=O)c64)C(=O)N(c1ccc(C23C[C@H]4C[C@@H](C2)CC(c2sc(OC)c(C6=C(c7c(OC)sc(-c8ccccc8)c7C)C(F)(F)C(F)(F)C6(F)F)c2C)(C4)C3)cc1)C5=O. The lowest BCUT2D eigenvalue weighted by molar-refractivity contribution is -0.254. The first kappa shape index (κ1) is 60.7. The van der Waals surface area contributed by atoms with Gasteiger partial charge in [0.1, 0.15) is 0 Å². The predicted molar refractivity (Wildman–Crippen MR) is 353 cm³/mol. The van der Waals surface area contributed by atoms with Crippen molar-refractivity contribution in [2.45, 2.75) is 165 Å². The van der Waals surface area contributed by atoms with Crippen molar-refractivity contribution in [2.24, 2.45) is 11.8 Å². The first-order chi connectivity index (χ1) is 44.2. The predicted octanol–water partition coefficient (Wildman–Crippen LogP) is 20.5. The largest absolute Gasteiger partial charge is 0.487 e. The molecule has 0 radical (unpaired) electrons. The van der Waals surface area contributed by atoms with E-state index in [4.69, 9.17) is 9.47 Å². The van der Waals surface area contributed by atoms with Crippen molar-refractivity contribution < 1.29 is 55.0 Å². The maximum atomic E-state index is 16.9. The van der Waals surface area contributed by atoms with Gasteiger partial charge >= 0.3 is 17.8 Å². The smallest absolute Gasteiger partial charge is 0.380 e. The number of hydrogen-bond acceptors (Lipinski definition) is 8. The number of nitrogens with zero attached hydrogens (tertiary/aromatic N) is 2. The summed E-state index contributed by atoms with van der Waals surface area (Å²) >= 11 is 2.01. The summed E-state index contributed by atoms with van der Waals surface area (Å²) in [5, 5.41) is 5.65. The number of unbranched alkanes of at least 4 members (excludes halogenated alkanes) is 6. The number of amides is 4. The molecule has 2 aliphatic heterocycles. The molecule has 4 fully saturated rings. The third-order valence-electron chi connectivity index (χ3n) is 21.9. The Hall–Kier alpha value is -7.56. The maximum Gasteiger partial charge on any atom is 0.380 e. The van der Waals surface area contributed by atoms with E-state index in [0.29, 0.717) is 73.3 Å². The van der Waals surface area contributed by atoms with E-state index in [2.05, 4.69) is 13.8 Å². The standard InChI is InChI=1S/C76H70F6N2O6S2/c1-7-9-11-16-20-46(21-17-12-10-8-2)83-66(85)52-30-26-48-50-28-32-54-61-55(33-29-51(59(50)61)49-27-31-53(67(83)86)60(52)58(48)49)69(88)84(68(54)87)47-24-22-45(23-25-47)72-35-42-34-43(36-72)38-73(37-42,39-72)65-41(4)57(71(90-6)92-65)63-62(74(77,78)76(81,82)75(63,79)80)56-40(3)64(91-70(56)89-5)44-18-14-13-15-19-44/h13-15,18-19,22-33,42-43,46H,7-12,16-17,20-21,34-39H2,1-6H3/t42-,43+,72?,73?. The van der Waals surface area contributed by atoms with E-state index in [0.717, 1.165) is 144 Å². The summed E-state index contributed by atoms with van der Waals surface area (Å²) < 4.78 is 111. The number of ether oxygens (including phenoxy) is 2. The second-order valence-corrected chi connectivity index (χ2v) is 29.1. The Morgan fingerprint density at radius 2 is 0.978 bits per heavy atom. The van der Waals surface area contributed by atoms with Crippen LogP contribution in [0.15, 0.2) is 103 Å². The van der Waals surface area contributed by atoms with Crippen LogP contribution in [0.5, 0.6) is 10.1 Å². The van der Waals surface area contributed by atoms with Gasteiger partial charge in [0.2, 0.25) is 0 Å². The summed E-state index contributed by atoms with van der Waals surface area (Å²) in [6, 6.07) is 31.0. The summed E-state index contributed by atoms with van der Waals surface area (Å²) in [7, 11) is 2.47. The minimum Gasteiger partial charge on any atom is -0.487 e. The summed E-state index contributed by atoms with van der Waals surface area (Å²) in [5.74, 6) is -17.6. The van der Waals surface area contributed by atoms with Gasteiger partial charge in [-0.15, -0.1) is 11.3 Å². The molecule has 474 valence electrons. The molecule has 92 heavy (non-hydrogen) atoms. The van der Waals surface area contributed by atoms with Gasteiger partial charge in [-0.1, -0.05) is 143 Å². The van der Waals surface area contributed by atoms with Crippen molar-refractivity contribution in [3.63, 3.8) is 0 Å². The lowest BCUT2D eigenvalue weighted by Gasteiger charge is -2.62. The number of fused-ring (bicyclic) bond motifs is 2. The molecule has 5 aliphatic carbocycles. The second kappa shape index (κ2) is 21.8. The molecule has 9 aromatic rings. The van der Waals surface area contributed by atoms with Crippen molar-refractivity contribution in [2.75, 3.05) is 19.1 Å². The van der Waals surface area contributed by atoms with Gasteiger partial charge in [0.25, 0.3) is 23.6 Å². The zero-order valence-corrected chi connectivity index (χ0v) is 53.9. The van der Waals surface area contributed by atoms with Gasteiger partial charge in [-0.2, -0.15) is 26.3 Å². The number of carbonyl (C=O) groups excluding carboxylic acids is 4. The summed E-state index contributed by atoms with van der Waals surface area (Å²) in [6.07, 6.45) is 14.4. The Bertz CT molecular complexity index is 4480. The van der Waals surface area contributed by atoms with Crippen molar-refractivity contribution in [1.29, 1.82) is 0 Å². The van der Waals surface area contributed by atoms with Crippen LogP contribution in [0.1, 0.15) is 191 Å². The number of hydrogen-bond donors (Lipinski definition) is 0. The molecule has 4 amide bonds. The molecule has 4 atom stereocenters. The van der Waals surface area contributed by atoms with Crippen LogP contribution in [0.4, 0.5) is 32.0 Å². The molecule has 0 saturated heterocycles. The number of methoxy groups -OCH3 is 2. The normalized spacial score (nSPS) is 22.8. The Morgan fingerprint density at radius 3 is 1.46 bits per heavy atom. The highest BCUT2D eigenvalue weighted by atomic mass is 32.1. The number of anilines is 1. The molecule has 16 heteroatoms. The number of halogens is 6. The first-order valence-corrected chi connectivity index (χ1v) is 34.2. The van der Waals surface area contributed by atoms with E-state index in [9.17, 15) is 9.59 Å². The Morgan fingerprint density at radius 1 is 0.522 bits per heavy atom. The molecule has 4 heterocycles. The van der Waals surface area contributed by atoms with E-state index in [-0.39, 0.29) is 50.9 Å². The minimum atomic E-state index is -5.81. The number of allylic oxidation sites excluding steroid dienone is 2. The van der Waals surface area contributed by atoms with E-state index in [1.54, 1.807) is 54.3 Å². The van der Waals surface area contributed by atoms with Crippen LogP contribution < -0.4 is 14.4 Å². The lowest BCUT2D eigenvalue weighted by atomic mass is 9.42. The Kier molecular flexibility index (Phi) is 14.3. The van der Waals surface area contributed by atoms with Crippen molar-refractivity contribution in [3.05, 3.63) is 158 Å². The van der Waals surface area contributed by atoms with E-state index in [1.807, 2.05) is 60.7 Å². The lowest BCUT2D eigenvalue weighted by Crippen LogP contribution is -2.55. The highest BCUT2D eigenvalue weighted by Crippen LogP contribution is 2.72. The fourth-order valence-corrected chi connectivity index (χ4v) is 20.8. The zero-order valence-electron chi connectivity index (χ0n) is 52.3. The molecule has 16 rings (SSSR count). The number of alkyl halides is 6. The van der Waals surface area contributed by atoms with Crippen LogP contribution in [0.3, 0.4) is 0 Å². The second-order valence-electron chi connectivity index (χ2n) is 27.2. The van der Waals surface area contributed by atoms with Crippen LogP contribution >= 0.6 is 22.7 Å². The van der Waals surface area contributed by atoms with Gasteiger partial charge in [0.15, 0.2) is 10.1 Å². The van der Waals surface area contributed by atoms with Crippen molar-refractivity contribution >= 4 is 106 Å². The average molecular weight is 1290 g/mol. The van der Waals surface area contributed by atoms with Gasteiger partial charge in [-0.3, -0.25) is 24.1 Å². The van der Waals surface area contributed by atoms with Crippen LogP contribution in [0.2, 0.25) is 0 Å². The molecule has 4 saturated carbocycles. The number of imide groups is 2. The van der Waals surface area contributed by atoms with Crippen LogP contribution in [0, 0.1) is 25.7 Å². The number of carbonyl (C=O) groups is 4. The van der Waals surface area contributed by atoms with Gasteiger partial charge in [-0.05, 0) is 173 Å². The van der Waals surface area contributed by atoms with Gasteiger partial charge < -0.3 is 9.47 Å². The third-order valence-corrected chi connectivity index (χ3v) is 24.7. The number of rotatable bonds is 19. The molecule has 7 aromatic carbocycles. The van der Waals surface area contributed by atoms with E-state index >= 15 is 35.9 Å². The van der Waals surface area contributed by atoms with E-state index in [1.165, 1.54) is 26.0 Å². The average Bonchev–Trinajstić information content (AvgIpc) is 1.25. The summed E-state index contributed by atoms with van der Waals surface area (Å²) in [6.45, 7) is 7.39. The first-order valence-electron chi connectivity index (χ1n) is 32.5. The zero-order chi connectivity index (χ0) is 64.3. The van der Waals surface area contributed by atoms with Crippen molar-refractivity contribution in [3.8, 4) is 20.6 Å².